The van der Waals surface area contributed by atoms with E-state index in [-0.39, 0.29) is 18.1 Å². The summed E-state index contributed by atoms with van der Waals surface area (Å²) in [7, 11) is 0. The van der Waals surface area contributed by atoms with Crippen LogP contribution < -0.4 is 5.32 Å². The van der Waals surface area contributed by atoms with Crippen molar-refractivity contribution in [1.29, 1.82) is 0 Å². The van der Waals surface area contributed by atoms with Gasteiger partial charge in [0, 0.05) is 22.4 Å². The van der Waals surface area contributed by atoms with E-state index in [4.69, 9.17) is 4.74 Å². The van der Waals surface area contributed by atoms with Crippen molar-refractivity contribution >= 4 is 29.5 Å². The molecule has 0 amide bonds. The molecule has 2 aromatic carbocycles. The first-order chi connectivity index (χ1) is 14.2. The van der Waals surface area contributed by atoms with E-state index in [9.17, 15) is 9.90 Å². The summed E-state index contributed by atoms with van der Waals surface area (Å²) in [6, 6.07) is 16.6. The molecule has 1 fully saturated rings. The molecule has 29 heavy (non-hydrogen) atoms. The Labute approximate surface area is 177 Å². The van der Waals surface area contributed by atoms with Crippen LogP contribution in [0.25, 0.3) is 6.08 Å². The van der Waals surface area contributed by atoms with Gasteiger partial charge in [0.25, 0.3) is 0 Å². The predicted octanol–water partition coefficient (Wildman–Crippen LogP) is 5.27. The first-order valence-electron chi connectivity index (χ1n) is 10.3. The fourth-order valence-corrected chi connectivity index (χ4v) is 4.37. The number of carbonyl (C=O) groups excluding carboxylic acids is 1. The average Bonchev–Trinajstić information content (AvgIpc) is 2.74. The highest BCUT2D eigenvalue weighted by Crippen LogP contribution is 2.30. The molecule has 0 aromatic heterocycles. The third kappa shape index (κ3) is 6.65. The Bertz CT molecular complexity index is 822. The molecule has 0 bridgehead atoms. The van der Waals surface area contributed by atoms with E-state index in [1.165, 1.54) is 11.6 Å². The van der Waals surface area contributed by atoms with Gasteiger partial charge in [-0.05, 0) is 55.2 Å². The van der Waals surface area contributed by atoms with Crippen molar-refractivity contribution in [1.82, 2.24) is 0 Å². The predicted molar refractivity (Wildman–Crippen MR) is 120 cm³/mol. The lowest BCUT2D eigenvalue weighted by Crippen LogP contribution is -2.36. The monoisotopic (exact) mass is 411 g/mol. The summed E-state index contributed by atoms with van der Waals surface area (Å²) in [6.07, 6.45) is 6.90. The Kier molecular flexibility index (Phi) is 8.20. The number of benzene rings is 2. The van der Waals surface area contributed by atoms with Gasteiger partial charge in [-0.3, -0.25) is 0 Å². The van der Waals surface area contributed by atoms with Gasteiger partial charge >= 0.3 is 5.97 Å². The van der Waals surface area contributed by atoms with Crippen molar-refractivity contribution < 1.29 is 14.6 Å². The van der Waals surface area contributed by atoms with Crippen molar-refractivity contribution in [2.75, 3.05) is 11.9 Å². The number of anilines is 1. The zero-order valence-electron chi connectivity index (χ0n) is 16.8. The van der Waals surface area contributed by atoms with E-state index < -0.39 is 0 Å². The molecule has 0 saturated heterocycles. The second-order valence-electron chi connectivity index (χ2n) is 7.21. The topological polar surface area (TPSA) is 58.6 Å². The minimum absolute atomic E-state index is 0.0429. The van der Waals surface area contributed by atoms with Crippen LogP contribution in [-0.4, -0.2) is 29.8 Å². The van der Waals surface area contributed by atoms with Crippen molar-refractivity contribution in [3.63, 3.8) is 0 Å². The lowest BCUT2D eigenvalue weighted by molar-refractivity contribution is -0.137. The number of carbonyl (C=O) groups is 1. The molecule has 0 radical (unpaired) electrons. The lowest BCUT2D eigenvalue weighted by Gasteiger charge is -2.30. The number of hydrogen-bond acceptors (Lipinski definition) is 5. The van der Waals surface area contributed by atoms with Gasteiger partial charge in [-0.15, -0.1) is 11.8 Å². The highest BCUT2D eigenvalue weighted by molar-refractivity contribution is 7.98. The first-order valence-corrected chi connectivity index (χ1v) is 11.2. The van der Waals surface area contributed by atoms with Crippen LogP contribution in [0.2, 0.25) is 0 Å². The fourth-order valence-electron chi connectivity index (χ4n) is 3.47. The summed E-state index contributed by atoms with van der Waals surface area (Å²) < 4.78 is 5.01. The Morgan fingerprint density at radius 2 is 2.00 bits per heavy atom. The van der Waals surface area contributed by atoms with E-state index in [0.717, 1.165) is 47.6 Å². The minimum atomic E-state index is -0.349. The van der Waals surface area contributed by atoms with Crippen LogP contribution in [0.15, 0.2) is 59.5 Å². The molecule has 1 aliphatic carbocycles. The van der Waals surface area contributed by atoms with E-state index in [1.54, 1.807) is 24.8 Å². The molecule has 4 nitrogen and oxygen atoms in total. The van der Waals surface area contributed by atoms with E-state index in [1.807, 2.05) is 24.3 Å². The number of rotatable bonds is 8. The summed E-state index contributed by atoms with van der Waals surface area (Å²) in [4.78, 5) is 12.9. The van der Waals surface area contributed by atoms with Gasteiger partial charge in [0.05, 0.1) is 18.8 Å². The lowest BCUT2D eigenvalue weighted by atomic mass is 9.92. The SMILES string of the molecule is CCOC(=O)/C=C/c1cc(SCc2ccccc2)ccc1NC1CCCCC1O. The maximum absolute atomic E-state index is 11.8. The van der Waals surface area contributed by atoms with Crippen LogP contribution in [0.5, 0.6) is 0 Å². The number of ether oxygens (including phenoxy) is 1. The zero-order chi connectivity index (χ0) is 20.5. The quantitative estimate of drug-likeness (QED) is 0.352. The maximum Gasteiger partial charge on any atom is 0.330 e. The summed E-state index contributed by atoms with van der Waals surface area (Å²) in [5, 5.41) is 13.8. The largest absolute Gasteiger partial charge is 0.463 e. The second kappa shape index (κ2) is 11.1. The van der Waals surface area contributed by atoms with Crippen LogP contribution in [0.4, 0.5) is 5.69 Å². The fraction of sp³-hybridized carbons (Fsp3) is 0.375. The summed E-state index contributed by atoms with van der Waals surface area (Å²) in [5.74, 6) is 0.536. The molecule has 2 atom stereocenters. The Morgan fingerprint density at radius 3 is 2.76 bits per heavy atom. The molecule has 5 heteroatoms. The maximum atomic E-state index is 11.8. The highest BCUT2D eigenvalue weighted by Gasteiger charge is 2.23. The van der Waals surface area contributed by atoms with Gasteiger partial charge in [0.2, 0.25) is 0 Å². The van der Waals surface area contributed by atoms with E-state index >= 15 is 0 Å². The third-order valence-electron chi connectivity index (χ3n) is 5.03. The van der Waals surface area contributed by atoms with Crippen LogP contribution in [0, 0.1) is 0 Å². The van der Waals surface area contributed by atoms with E-state index in [2.05, 4.69) is 29.6 Å². The van der Waals surface area contributed by atoms with Crippen molar-refractivity contribution in [2.45, 2.75) is 55.4 Å². The smallest absolute Gasteiger partial charge is 0.330 e. The summed E-state index contributed by atoms with van der Waals surface area (Å²) in [6.45, 7) is 2.15. The van der Waals surface area contributed by atoms with Gasteiger partial charge < -0.3 is 15.2 Å². The Morgan fingerprint density at radius 1 is 1.21 bits per heavy atom. The molecule has 0 aliphatic heterocycles. The molecule has 2 N–H and O–H groups in total. The number of thioether (sulfide) groups is 1. The number of aliphatic hydroxyl groups is 1. The normalized spacial score (nSPS) is 19.2. The van der Waals surface area contributed by atoms with Crippen molar-refractivity contribution in [3.8, 4) is 0 Å². The molecule has 2 aromatic rings. The summed E-state index contributed by atoms with van der Waals surface area (Å²) in [5.41, 5.74) is 3.13. The van der Waals surface area contributed by atoms with Gasteiger partial charge in [0.1, 0.15) is 0 Å². The molecule has 154 valence electrons. The van der Waals surface area contributed by atoms with Crippen LogP contribution in [0.1, 0.15) is 43.7 Å². The van der Waals surface area contributed by atoms with Gasteiger partial charge in [-0.25, -0.2) is 4.79 Å². The molecule has 0 heterocycles. The van der Waals surface area contributed by atoms with Gasteiger partial charge in [-0.2, -0.15) is 0 Å². The van der Waals surface area contributed by atoms with Gasteiger partial charge in [0.15, 0.2) is 0 Å². The highest BCUT2D eigenvalue weighted by atomic mass is 32.2. The molecule has 0 spiro atoms. The third-order valence-corrected chi connectivity index (χ3v) is 6.09. The van der Waals surface area contributed by atoms with Crippen molar-refractivity contribution in [2.24, 2.45) is 0 Å². The first kappa shape index (κ1) is 21.5. The Hall–Kier alpha value is -2.24. The standard InChI is InChI=1S/C24H29NO3S/c1-2-28-24(27)15-12-19-16-20(29-17-18-8-4-3-5-9-18)13-14-21(19)25-22-10-6-7-11-23(22)26/h3-5,8-9,12-16,22-23,25-26H,2,6-7,10-11,17H2,1H3/b15-12+. The Balaban J connectivity index is 1.77. The van der Waals surface area contributed by atoms with Gasteiger partial charge in [-0.1, -0.05) is 43.2 Å². The minimum Gasteiger partial charge on any atom is -0.463 e. The molecule has 2 unspecified atom stereocenters. The summed E-state index contributed by atoms with van der Waals surface area (Å²) >= 11 is 1.76. The molecule has 1 aliphatic rings. The van der Waals surface area contributed by atoms with E-state index in [0.29, 0.717) is 6.61 Å². The number of esters is 1. The molecular formula is C24H29NO3S. The molecule has 1 saturated carbocycles. The molecule has 3 rings (SSSR count). The van der Waals surface area contributed by atoms with Crippen LogP contribution >= 0.6 is 11.8 Å². The number of hydrogen-bond donors (Lipinski definition) is 2. The average molecular weight is 412 g/mol. The number of nitrogens with one attached hydrogen (secondary N) is 1. The van der Waals surface area contributed by atoms with Crippen molar-refractivity contribution in [3.05, 3.63) is 65.7 Å². The molecular weight excluding hydrogens is 382 g/mol. The zero-order valence-corrected chi connectivity index (χ0v) is 17.7. The number of aliphatic hydroxyl groups excluding tert-OH is 1. The van der Waals surface area contributed by atoms with Crippen LogP contribution in [0.3, 0.4) is 0 Å². The second-order valence-corrected chi connectivity index (χ2v) is 8.26. The van der Waals surface area contributed by atoms with Crippen LogP contribution in [-0.2, 0) is 15.3 Å².